The summed E-state index contributed by atoms with van der Waals surface area (Å²) in [5.74, 6) is 0.684. The maximum Gasteiger partial charge on any atom is 0.308 e. The van der Waals surface area contributed by atoms with E-state index in [-0.39, 0.29) is 17.7 Å². The van der Waals surface area contributed by atoms with Crippen LogP contribution < -0.4 is 5.43 Å². The summed E-state index contributed by atoms with van der Waals surface area (Å²) in [6.45, 7) is 0. The highest BCUT2D eigenvalue weighted by Crippen LogP contribution is 2.32. The number of furan rings is 2. The predicted octanol–water partition coefficient (Wildman–Crippen LogP) is 4.38. The maximum absolute atomic E-state index is 12.7. The molecule has 0 saturated carbocycles. The third kappa shape index (κ3) is 2.65. The topological polar surface area (TPSA) is 58.6 Å². The first kappa shape index (κ1) is 14.8. The molecule has 0 fully saturated rings. The van der Waals surface area contributed by atoms with E-state index in [1.807, 2.05) is 36.4 Å². The first-order valence-electron chi connectivity index (χ1n) is 7.37. The summed E-state index contributed by atoms with van der Waals surface area (Å²) in [6.07, 6.45) is 5.04. The van der Waals surface area contributed by atoms with Gasteiger partial charge in [-0.3, -0.25) is 10.2 Å². The summed E-state index contributed by atoms with van der Waals surface area (Å²) in [5.41, 5.74) is 4.98. The molecule has 0 saturated heterocycles. The van der Waals surface area contributed by atoms with Crippen molar-refractivity contribution in [2.75, 3.05) is 0 Å². The van der Waals surface area contributed by atoms with E-state index in [2.05, 4.69) is 21.4 Å². The molecule has 1 aliphatic heterocycles. The van der Waals surface area contributed by atoms with Crippen LogP contribution in [0, 0.1) is 0 Å². The third-order valence-corrected chi connectivity index (χ3v) is 4.31. The van der Waals surface area contributed by atoms with Crippen LogP contribution in [0.25, 0.3) is 5.70 Å². The van der Waals surface area contributed by atoms with Crippen molar-refractivity contribution in [1.82, 2.24) is 10.4 Å². The molecule has 1 N–H and O–H groups in total. The van der Waals surface area contributed by atoms with Crippen molar-refractivity contribution in [1.29, 1.82) is 0 Å². The lowest BCUT2D eigenvalue weighted by Crippen LogP contribution is -2.39. The zero-order chi connectivity index (χ0) is 16.5. The third-order valence-electron chi connectivity index (χ3n) is 3.78. The van der Waals surface area contributed by atoms with E-state index < -0.39 is 0 Å². The number of benzene rings is 1. The van der Waals surface area contributed by atoms with Gasteiger partial charge in [0.2, 0.25) is 0 Å². The normalized spacial score (nSPS) is 16.8. The molecule has 0 aliphatic carbocycles. The molecule has 0 radical (unpaired) electrons. The highest BCUT2D eigenvalue weighted by atomic mass is 79.9. The Morgan fingerprint density at radius 3 is 2.46 bits per heavy atom. The molecule has 24 heavy (non-hydrogen) atoms. The number of carbonyl (C=O) groups excluding carboxylic acids is 1. The lowest BCUT2D eigenvalue weighted by molar-refractivity contribution is 0.0622. The Labute approximate surface area is 146 Å². The number of halogens is 1. The van der Waals surface area contributed by atoms with Gasteiger partial charge in [0.1, 0.15) is 11.8 Å². The van der Waals surface area contributed by atoms with Gasteiger partial charge in [-0.25, -0.2) is 5.01 Å². The van der Waals surface area contributed by atoms with Crippen LogP contribution in [0.1, 0.15) is 27.9 Å². The van der Waals surface area contributed by atoms with Gasteiger partial charge in [0.25, 0.3) is 0 Å². The van der Waals surface area contributed by atoms with Gasteiger partial charge in [-0.1, -0.05) is 28.1 Å². The lowest BCUT2D eigenvalue weighted by Gasteiger charge is -2.22. The van der Waals surface area contributed by atoms with E-state index in [0.29, 0.717) is 5.76 Å². The fourth-order valence-corrected chi connectivity index (χ4v) is 2.89. The van der Waals surface area contributed by atoms with Crippen molar-refractivity contribution in [2.45, 2.75) is 6.04 Å². The zero-order valence-electron chi connectivity index (χ0n) is 12.5. The second-order valence-electron chi connectivity index (χ2n) is 5.31. The minimum Gasteiger partial charge on any atom is -0.467 e. The Morgan fingerprint density at radius 2 is 1.79 bits per heavy atom. The standard InChI is InChI=1S/C18H13BrN2O3/c19-13-7-5-12(6-8-13)14-11-15(16-3-1-9-23-16)21(20-14)18(22)17-4-2-10-24-17/h1-11,15,20H/t15-/m0/s1. The molecule has 0 bridgehead atoms. The van der Waals surface area contributed by atoms with Gasteiger partial charge in [0, 0.05) is 4.47 Å². The number of hydrogen-bond donors (Lipinski definition) is 1. The Kier molecular flexibility index (Phi) is 3.74. The first-order valence-corrected chi connectivity index (χ1v) is 8.16. The molecule has 2 aromatic heterocycles. The Hall–Kier alpha value is -2.73. The number of hydrazine groups is 1. The highest BCUT2D eigenvalue weighted by Gasteiger charge is 2.34. The molecule has 6 heteroatoms. The molecule has 3 aromatic rings. The summed E-state index contributed by atoms with van der Waals surface area (Å²) in [5, 5.41) is 1.51. The summed E-state index contributed by atoms with van der Waals surface area (Å²) >= 11 is 3.43. The molecule has 1 aliphatic rings. The lowest BCUT2D eigenvalue weighted by atomic mass is 10.1. The van der Waals surface area contributed by atoms with Gasteiger partial charge in [-0.05, 0) is 48.0 Å². The molecular formula is C18H13BrN2O3. The highest BCUT2D eigenvalue weighted by molar-refractivity contribution is 9.10. The Bertz CT molecular complexity index is 868. The molecule has 5 nitrogen and oxygen atoms in total. The zero-order valence-corrected chi connectivity index (χ0v) is 14.1. The monoisotopic (exact) mass is 384 g/mol. The van der Waals surface area contributed by atoms with Crippen LogP contribution in [-0.2, 0) is 0 Å². The smallest absolute Gasteiger partial charge is 0.308 e. The van der Waals surface area contributed by atoms with Crippen molar-refractivity contribution >= 4 is 27.5 Å². The van der Waals surface area contributed by atoms with Crippen molar-refractivity contribution in [3.8, 4) is 0 Å². The van der Waals surface area contributed by atoms with Crippen LogP contribution in [0.15, 0.2) is 80.4 Å². The minimum atomic E-state index is -0.351. The predicted molar refractivity (Wildman–Crippen MR) is 91.6 cm³/mol. The number of nitrogens with one attached hydrogen (secondary N) is 1. The molecule has 1 amide bonds. The van der Waals surface area contributed by atoms with Crippen molar-refractivity contribution in [3.63, 3.8) is 0 Å². The van der Waals surface area contributed by atoms with E-state index in [1.165, 1.54) is 11.3 Å². The fourth-order valence-electron chi connectivity index (χ4n) is 2.62. The molecule has 1 atom stereocenters. The van der Waals surface area contributed by atoms with Gasteiger partial charge >= 0.3 is 5.91 Å². The van der Waals surface area contributed by atoms with Gasteiger partial charge in [-0.15, -0.1) is 0 Å². The van der Waals surface area contributed by atoms with Gasteiger partial charge in [0.05, 0.1) is 18.2 Å². The van der Waals surface area contributed by atoms with E-state index in [9.17, 15) is 4.79 Å². The molecule has 0 unspecified atom stereocenters. The number of hydrogen-bond acceptors (Lipinski definition) is 4. The average Bonchev–Trinajstić information content (AvgIpc) is 3.34. The summed E-state index contributed by atoms with van der Waals surface area (Å²) < 4.78 is 11.7. The van der Waals surface area contributed by atoms with E-state index >= 15 is 0 Å². The Morgan fingerprint density at radius 1 is 1.04 bits per heavy atom. The van der Waals surface area contributed by atoms with Crippen molar-refractivity contribution in [3.05, 3.63) is 88.7 Å². The first-order chi connectivity index (χ1) is 11.7. The van der Waals surface area contributed by atoms with Crippen LogP contribution in [0.3, 0.4) is 0 Å². The second-order valence-corrected chi connectivity index (χ2v) is 6.23. The maximum atomic E-state index is 12.7. The fraction of sp³-hybridized carbons (Fsp3) is 0.0556. The molecule has 3 heterocycles. The van der Waals surface area contributed by atoms with Crippen LogP contribution in [0.4, 0.5) is 0 Å². The number of carbonyl (C=O) groups is 1. The Balaban J connectivity index is 1.70. The number of rotatable bonds is 3. The van der Waals surface area contributed by atoms with Crippen LogP contribution in [0.5, 0.6) is 0 Å². The molecular weight excluding hydrogens is 372 g/mol. The largest absolute Gasteiger partial charge is 0.467 e. The van der Waals surface area contributed by atoms with Gasteiger partial charge in [0.15, 0.2) is 5.76 Å². The summed E-state index contributed by atoms with van der Waals surface area (Å²) in [4.78, 5) is 12.7. The molecule has 0 spiro atoms. The molecule has 1 aromatic carbocycles. The summed E-state index contributed by atoms with van der Waals surface area (Å²) in [7, 11) is 0. The van der Waals surface area contributed by atoms with E-state index in [1.54, 1.807) is 24.5 Å². The summed E-state index contributed by atoms with van der Waals surface area (Å²) in [6, 6.07) is 14.5. The van der Waals surface area contributed by atoms with Crippen LogP contribution in [-0.4, -0.2) is 10.9 Å². The van der Waals surface area contributed by atoms with Crippen molar-refractivity contribution in [2.24, 2.45) is 0 Å². The number of nitrogens with zero attached hydrogens (tertiary/aromatic N) is 1. The van der Waals surface area contributed by atoms with Crippen LogP contribution in [0.2, 0.25) is 0 Å². The molecule has 120 valence electrons. The SMILES string of the molecule is O=C(c1ccco1)N1NC(c2ccc(Br)cc2)=C[C@H]1c1ccco1. The average molecular weight is 385 g/mol. The minimum absolute atomic E-state index is 0.259. The van der Waals surface area contributed by atoms with Gasteiger partial charge < -0.3 is 8.83 Å². The number of amides is 1. The van der Waals surface area contributed by atoms with E-state index in [4.69, 9.17) is 8.83 Å². The van der Waals surface area contributed by atoms with Crippen LogP contribution >= 0.6 is 15.9 Å². The van der Waals surface area contributed by atoms with Crippen molar-refractivity contribution < 1.29 is 13.6 Å². The van der Waals surface area contributed by atoms with E-state index in [0.717, 1.165) is 15.7 Å². The molecule has 4 rings (SSSR count). The van der Waals surface area contributed by atoms with Gasteiger partial charge in [-0.2, -0.15) is 0 Å². The second kappa shape index (κ2) is 6.05. The quantitative estimate of drug-likeness (QED) is 0.727.